The monoisotopic (exact) mass is 329 g/mol. The van der Waals surface area contributed by atoms with E-state index in [0.717, 1.165) is 31.4 Å². The van der Waals surface area contributed by atoms with Crippen LogP contribution in [0.15, 0.2) is 24.3 Å². The highest BCUT2D eigenvalue weighted by Gasteiger charge is 2.52. The zero-order chi connectivity index (χ0) is 17.3. The Morgan fingerprint density at radius 1 is 1.17 bits per heavy atom. The van der Waals surface area contributed by atoms with Gasteiger partial charge < -0.3 is 10.2 Å². The summed E-state index contributed by atoms with van der Waals surface area (Å²) >= 11 is 0. The fourth-order valence-corrected chi connectivity index (χ4v) is 3.83. The van der Waals surface area contributed by atoms with E-state index in [-0.39, 0.29) is 11.9 Å². The molecule has 0 unspecified atom stereocenters. The molecule has 3 amide bonds. The van der Waals surface area contributed by atoms with Crippen LogP contribution in [0.4, 0.5) is 10.5 Å². The van der Waals surface area contributed by atoms with Crippen LogP contribution in [-0.4, -0.2) is 41.5 Å². The van der Waals surface area contributed by atoms with Crippen LogP contribution in [0.3, 0.4) is 0 Å². The highest BCUT2D eigenvalue weighted by molar-refractivity contribution is 6.07. The molecular formula is C19H27N3O2. The molecule has 0 bridgehead atoms. The summed E-state index contributed by atoms with van der Waals surface area (Å²) in [6.07, 6.45) is 3.59. The Morgan fingerprint density at radius 3 is 2.38 bits per heavy atom. The van der Waals surface area contributed by atoms with Gasteiger partial charge >= 0.3 is 6.03 Å². The molecule has 0 radical (unpaired) electrons. The summed E-state index contributed by atoms with van der Waals surface area (Å²) in [5, 5.41) is 2.95. The smallest absolute Gasteiger partial charge is 0.325 e. The van der Waals surface area contributed by atoms with Gasteiger partial charge in [0.15, 0.2) is 0 Å². The second kappa shape index (κ2) is 6.46. The lowest BCUT2D eigenvalue weighted by Gasteiger charge is -2.30. The molecule has 1 spiro atoms. The quantitative estimate of drug-likeness (QED) is 0.845. The molecule has 1 heterocycles. The van der Waals surface area contributed by atoms with Gasteiger partial charge in [0.25, 0.3) is 5.91 Å². The van der Waals surface area contributed by atoms with E-state index >= 15 is 0 Å². The van der Waals surface area contributed by atoms with Crippen LogP contribution in [0.5, 0.6) is 0 Å². The molecule has 5 heteroatoms. The van der Waals surface area contributed by atoms with Crippen LogP contribution in [-0.2, 0) is 4.79 Å². The van der Waals surface area contributed by atoms with Gasteiger partial charge in [0.05, 0.1) is 0 Å². The standard InChI is InChI=1S/C19H27N3O2/c1-14(2)21(16-8-6-15(3)7-9-16)12-13-22-17(23)19(20-18(22)24)10-4-5-11-19/h6-9,14H,4-5,10-13H2,1-3H3,(H,20,24). The summed E-state index contributed by atoms with van der Waals surface area (Å²) in [7, 11) is 0. The van der Waals surface area contributed by atoms with Gasteiger partial charge in [0, 0.05) is 24.8 Å². The zero-order valence-electron chi connectivity index (χ0n) is 14.8. The van der Waals surface area contributed by atoms with E-state index in [0.29, 0.717) is 19.1 Å². The molecule has 5 nitrogen and oxygen atoms in total. The largest absolute Gasteiger partial charge is 0.367 e. The minimum atomic E-state index is -0.608. The number of anilines is 1. The molecule has 1 saturated heterocycles. The third-order valence-electron chi connectivity index (χ3n) is 5.26. The van der Waals surface area contributed by atoms with Crippen molar-refractivity contribution in [3.63, 3.8) is 0 Å². The first-order valence-corrected chi connectivity index (χ1v) is 8.90. The molecule has 1 aromatic rings. The fraction of sp³-hybridized carbons (Fsp3) is 0.579. The average molecular weight is 329 g/mol. The minimum Gasteiger partial charge on any atom is -0.367 e. The summed E-state index contributed by atoms with van der Waals surface area (Å²) in [5.41, 5.74) is 1.74. The number of hydrogen-bond acceptors (Lipinski definition) is 3. The Balaban J connectivity index is 1.70. The Morgan fingerprint density at radius 2 is 1.79 bits per heavy atom. The molecule has 0 aromatic heterocycles. The highest BCUT2D eigenvalue weighted by Crippen LogP contribution is 2.35. The van der Waals surface area contributed by atoms with E-state index in [2.05, 4.69) is 55.3 Å². The number of benzene rings is 1. The van der Waals surface area contributed by atoms with Crippen molar-refractivity contribution >= 4 is 17.6 Å². The molecule has 1 N–H and O–H groups in total. The first kappa shape index (κ1) is 16.8. The molecule has 24 heavy (non-hydrogen) atoms. The molecular weight excluding hydrogens is 302 g/mol. The fourth-order valence-electron chi connectivity index (χ4n) is 3.83. The van der Waals surface area contributed by atoms with E-state index in [1.807, 2.05) is 0 Å². The molecule has 1 saturated carbocycles. The van der Waals surface area contributed by atoms with Crippen molar-refractivity contribution in [2.75, 3.05) is 18.0 Å². The maximum atomic E-state index is 12.7. The van der Waals surface area contributed by atoms with E-state index in [4.69, 9.17) is 0 Å². The Kier molecular flexibility index (Phi) is 4.52. The SMILES string of the molecule is Cc1ccc(N(CCN2C(=O)NC3(CCCC3)C2=O)C(C)C)cc1. The molecule has 3 rings (SSSR count). The van der Waals surface area contributed by atoms with Gasteiger partial charge in [-0.25, -0.2) is 4.79 Å². The van der Waals surface area contributed by atoms with Crippen molar-refractivity contribution in [2.45, 2.75) is 58.0 Å². The van der Waals surface area contributed by atoms with Gasteiger partial charge in [-0.3, -0.25) is 9.69 Å². The van der Waals surface area contributed by atoms with E-state index in [1.165, 1.54) is 10.5 Å². The molecule has 1 aliphatic carbocycles. The first-order valence-electron chi connectivity index (χ1n) is 8.90. The van der Waals surface area contributed by atoms with E-state index in [1.54, 1.807) is 0 Å². The lowest BCUT2D eigenvalue weighted by Crippen LogP contribution is -2.45. The summed E-state index contributed by atoms with van der Waals surface area (Å²) in [6.45, 7) is 7.40. The van der Waals surface area contributed by atoms with Crippen LogP contribution >= 0.6 is 0 Å². The van der Waals surface area contributed by atoms with Crippen LogP contribution in [0.2, 0.25) is 0 Å². The number of hydrogen-bond donors (Lipinski definition) is 1. The number of carbonyl (C=O) groups is 2. The predicted octanol–water partition coefficient (Wildman–Crippen LogP) is 3.07. The normalized spacial score (nSPS) is 19.4. The van der Waals surface area contributed by atoms with Crippen LogP contribution < -0.4 is 10.2 Å². The number of nitrogens with one attached hydrogen (secondary N) is 1. The topological polar surface area (TPSA) is 52.6 Å². The van der Waals surface area contributed by atoms with Crippen molar-refractivity contribution in [3.8, 4) is 0 Å². The second-order valence-electron chi connectivity index (χ2n) is 7.30. The number of imide groups is 1. The second-order valence-corrected chi connectivity index (χ2v) is 7.30. The van der Waals surface area contributed by atoms with Crippen molar-refractivity contribution in [1.29, 1.82) is 0 Å². The number of nitrogens with zero attached hydrogens (tertiary/aromatic N) is 2. The molecule has 2 aliphatic rings. The van der Waals surface area contributed by atoms with E-state index < -0.39 is 5.54 Å². The van der Waals surface area contributed by atoms with Crippen molar-refractivity contribution in [1.82, 2.24) is 10.2 Å². The van der Waals surface area contributed by atoms with Gasteiger partial charge in [-0.15, -0.1) is 0 Å². The van der Waals surface area contributed by atoms with Gasteiger partial charge in [0.2, 0.25) is 0 Å². The molecule has 2 fully saturated rings. The van der Waals surface area contributed by atoms with Gasteiger partial charge in [-0.05, 0) is 45.7 Å². The Bertz CT molecular complexity index is 618. The van der Waals surface area contributed by atoms with Crippen molar-refractivity contribution in [3.05, 3.63) is 29.8 Å². The molecule has 130 valence electrons. The highest BCUT2D eigenvalue weighted by atomic mass is 16.2. The molecule has 1 aliphatic heterocycles. The van der Waals surface area contributed by atoms with Crippen LogP contribution in [0.1, 0.15) is 45.1 Å². The average Bonchev–Trinajstić information content (AvgIpc) is 3.09. The van der Waals surface area contributed by atoms with Gasteiger partial charge in [-0.1, -0.05) is 30.5 Å². The third-order valence-corrected chi connectivity index (χ3v) is 5.26. The maximum Gasteiger partial charge on any atom is 0.325 e. The lowest BCUT2D eigenvalue weighted by molar-refractivity contribution is -0.131. The van der Waals surface area contributed by atoms with E-state index in [9.17, 15) is 9.59 Å². The number of urea groups is 1. The Hall–Kier alpha value is -2.04. The number of amides is 3. The van der Waals surface area contributed by atoms with Crippen LogP contribution in [0, 0.1) is 6.92 Å². The number of rotatable bonds is 5. The molecule has 1 aromatic carbocycles. The summed E-state index contributed by atoms with van der Waals surface area (Å²) in [6, 6.07) is 8.44. The zero-order valence-corrected chi connectivity index (χ0v) is 14.8. The van der Waals surface area contributed by atoms with Gasteiger partial charge in [0.1, 0.15) is 5.54 Å². The van der Waals surface area contributed by atoms with Gasteiger partial charge in [-0.2, -0.15) is 0 Å². The predicted molar refractivity (Wildman–Crippen MR) is 95.1 cm³/mol. The number of aryl methyl sites for hydroxylation is 1. The maximum absolute atomic E-state index is 12.7. The lowest BCUT2D eigenvalue weighted by atomic mass is 9.98. The summed E-state index contributed by atoms with van der Waals surface area (Å²) in [4.78, 5) is 28.7. The summed E-state index contributed by atoms with van der Waals surface area (Å²) < 4.78 is 0. The molecule has 0 atom stereocenters. The van der Waals surface area contributed by atoms with Crippen molar-refractivity contribution < 1.29 is 9.59 Å². The first-order chi connectivity index (χ1) is 11.4. The number of carbonyl (C=O) groups excluding carboxylic acids is 2. The van der Waals surface area contributed by atoms with Crippen LogP contribution in [0.25, 0.3) is 0 Å². The Labute approximate surface area is 144 Å². The third kappa shape index (κ3) is 2.99. The summed E-state index contributed by atoms with van der Waals surface area (Å²) in [5.74, 6) is -0.0300. The van der Waals surface area contributed by atoms with Crippen molar-refractivity contribution in [2.24, 2.45) is 0 Å². The minimum absolute atomic E-state index is 0.0300.